The maximum Gasteiger partial charge on any atom is 0.407 e. The molecule has 3 N–H and O–H groups in total. The molecule has 0 radical (unpaired) electrons. The molecule has 1 amide bonds. The van der Waals surface area contributed by atoms with Crippen molar-refractivity contribution in [2.24, 2.45) is 5.73 Å². The maximum absolute atomic E-state index is 10.9. The standard InChI is InChI=1S/C10H20N2O2/c1-2-3-6-9-8(11)5-4-7-12(9)10(13)14/h8-9H,2-7,11H2,1H3,(H,13,14). The van der Waals surface area contributed by atoms with Gasteiger partial charge in [-0.05, 0) is 19.3 Å². The van der Waals surface area contributed by atoms with Crippen molar-refractivity contribution >= 4 is 6.09 Å². The van der Waals surface area contributed by atoms with Crippen LogP contribution < -0.4 is 5.73 Å². The fourth-order valence-corrected chi connectivity index (χ4v) is 2.11. The van der Waals surface area contributed by atoms with Crippen LogP contribution in [0.4, 0.5) is 4.79 Å². The molecular formula is C10H20N2O2. The largest absolute Gasteiger partial charge is 0.465 e. The van der Waals surface area contributed by atoms with E-state index in [1.54, 1.807) is 0 Å². The lowest BCUT2D eigenvalue weighted by Gasteiger charge is -2.38. The molecule has 0 bridgehead atoms. The van der Waals surface area contributed by atoms with E-state index in [4.69, 9.17) is 10.8 Å². The van der Waals surface area contributed by atoms with Gasteiger partial charge in [0.15, 0.2) is 0 Å². The Morgan fingerprint density at radius 1 is 1.64 bits per heavy atom. The number of nitrogens with zero attached hydrogens (tertiary/aromatic N) is 1. The SMILES string of the molecule is CCCCC1C(N)CCCN1C(=O)O. The summed E-state index contributed by atoms with van der Waals surface area (Å²) in [6, 6.07) is 0.0765. The summed E-state index contributed by atoms with van der Waals surface area (Å²) in [6.45, 7) is 2.76. The number of amides is 1. The van der Waals surface area contributed by atoms with Crippen LogP contribution in [0.5, 0.6) is 0 Å². The Morgan fingerprint density at radius 3 is 2.93 bits per heavy atom. The first-order valence-electron chi connectivity index (χ1n) is 5.42. The Hall–Kier alpha value is -0.770. The summed E-state index contributed by atoms with van der Waals surface area (Å²) in [7, 11) is 0. The minimum absolute atomic E-state index is 0.0337. The summed E-state index contributed by atoms with van der Waals surface area (Å²) < 4.78 is 0. The van der Waals surface area contributed by atoms with E-state index in [9.17, 15) is 4.79 Å². The highest BCUT2D eigenvalue weighted by molar-refractivity contribution is 5.65. The van der Waals surface area contributed by atoms with E-state index in [-0.39, 0.29) is 12.1 Å². The van der Waals surface area contributed by atoms with E-state index in [0.29, 0.717) is 6.54 Å². The zero-order valence-corrected chi connectivity index (χ0v) is 8.78. The molecule has 4 heteroatoms. The van der Waals surface area contributed by atoms with E-state index in [1.165, 1.54) is 4.90 Å². The number of likely N-dealkylation sites (tertiary alicyclic amines) is 1. The minimum atomic E-state index is -0.818. The highest BCUT2D eigenvalue weighted by Crippen LogP contribution is 2.20. The number of unbranched alkanes of at least 4 members (excludes halogenated alkanes) is 1. The van der Waals surface area contributed by atoms with E-state index >= 15 is 0 Å². The topological polar surface area (TPSA) is 66.6 Å². The Bertz CT molecular complexity index is 197. The van der Waals surface area contributed by atoms with Gasteiger partial charge >= 0.3 is 6.09 Å². The zero-order chi connectivity index (χ0) is 10.6. The monoisotopic (exact) mass is 200 g/mol. The number of nitrogens with two attached hydrogens (primary N) is 1. The van der Waals surface area contributed by atoms with Gasteiger partial charge in [-0.3, -0.25) is 0 Å². The van der Waals surface area contributed by atoms with Gasteiger partial charge in [-0.2, -0.15) is 0 Å². The fraction of sp³-hybridized carbons (Fsp3) is 0.900. The average Bonchev–Trinajstić information content (AvgIpc) is 2.15. The Balaban J connectivity index is 2.56. The molecule has 1 heterocycles. The first-order valence-corrected chi connectivity index (χ1v) is 5.42. The first-order chi connectivity index (χ1) is 6.66. The van der Waals surface area contributed by atoms with Crippen molar-refractivity contribution in [2.45, 2.75) is 51.1 Å². The molecule has 2 atom stereocenters. The lowest BCUT2D eigenvalue weighted by atomic mass is 9.93. The van der Waals surface area contributed by atoms with Crippen molar-refractivity contribution in [1.82, 2.24) is 4.90 Å². The third kappa shape index (κ3) is 2.61. The molecule has 2 unspecified atom stereocenters. The molecule has 0 aromatic heterocycles. The summed E-state index contributed by atoms with van der Waals surface area (Å²) in [5.41, 5.74) is 5.94. The van der Waals surface area contributed by atoms with Crippen molar-refractivity contribution in [3.63, 3.8) is 0 Å². The number of carboxylic acid groups (broad SMARTS) is 1. The number of piperidine rings is 1. The van der Waals surface area contributed by atoms with Crippen molar-refractivity contribution in [3.05, 3.63) is 0 Å². The molecule has 1 aliphatic heterocycles. The molecule has 1 aliphatic rings. The van der Waals surface area contributed by atoms with E-state index in [0.717, 1.165) is 32.1 Å². The number of rotatable bonds is 3. The van der Waals surface area contributed by atoms with Crippen LogP contribution in [-0.2, 0) is 0 Å². The van der Waals surface area contributed by atoms with Crippen molar-refractivity contribution < 1.29 is 9.90 Å². The molecule has 0 aliphatic carbocycles. The normalized spacial score (nSPS) is 27.7. The lowest BCUT2D eigenvalue weighted by molar-refractivity contribution is 0.0931. The lowest BCUT2D eigenvalue weighted by Crippen LogP contribution is -2.53. The molecule has 0 aromatic rings. The summed E-state index contributed by atoms with van der Waals surface area (Å²) in [5, 5.41) is 9.00. The molecule has 1 rings (SSSR count). The van der Waals surface area contributed by atoms with Crippen LogP contribution in [0.2, 0.25) is 0 Å². The Morgan fingerprint density at radius 2 is 2.36 bits per heavy atom. The van der Waals surface area contributed by atoms with Gasteiger partial charge in [0.2, 0.25) is 0 Å². The van der Waals surface area contributed by atoms with Crippen LogP contribution in [0.25, 0.3) is 0 Å². The zero-order valence-electron chi connectivity index (χ0n) is 8.78. The Labute approximate surface area is 85.1 Å². The highest BCUT2D eigenvalue weighted by atomic mass is 16.4. The average molecular weight is 200 g/mol. The second-order valence-corrected chi connectivity index (χ2v) is 3.99. The van der Waals surface area contributed by atoms with Gasteiger partial charge in [-0.25, -0.2) is 4.79 Å². The quantitative estimate of drug-likeness (QED) is 0.728. The summed E-state index contributed by atoms with van der Waals surface area (Å²) in [4.78, 5) is 12.5. The second kappa shape index (κ2) is 5.20. The highest BCUT2D eigenvalue weighted by Gasteiger charge is 2.31. The van der Waals surface area contributed by atoms with E-state index in [2.05, 4.69) is 6.92 Å². The molecule has 4 nitrogen and oxygen atoms in total. The summed E-state index contributed by atoms with van der Waals surface area (Å²) in [5.74, 6) is 0. The number of hydrogen-bond acceptors (Lipinski definition) is 2. The van der Waals surface area contributed by atoms with Crippen LogP contribution in [0, 0.1) is 0 Å². The van der Waals surface area contributed by atoms with Crippen LogP contribution in [0.1, 0.15) is 39.0 Å². The van der Waals surface area contributed by atoms with Gasteiger partial charge < -0.3 is 15.7 Å². The van der Waals surface area contributed by atoms with Gasteiger partial charge in [-0.1, -0.05) is 19.8 Å². The molecule has 82 valence electrons. The van der Waals surface area contributed by atoms with Crippen molar-refractivity contribution in [1.29, 1.82) is 0 Å². The van der Waals surface area contributed by atoms with Gasteiger partial charge in [0.25, 0.3) is 0 Å². The third-order valence-electron chi connectivity index (χ3n) is 2.93. The first kappa shape index (κ1) is 11.3. The summed E-state index contributed by atoms with van der Waals surface area (Å²) in [6.07, 6.45) is 4.10. The van der Waals surface area contributed by atoms with Gasteiger partial charge in [0.1, 0.15) is 0 Å². The number of hydrogen-bond donors (Lipinski definition) is 2. The van der Waals surface area contributed by atoms with E-state index in [1.807, 2.05) is 0 Å². The van der Waals surface area contributed by atoms with Gasteiger partial charge in [-0.15, -0.1) is 0 Å². The maximum atomic E-state index is 10.9. The molecule has 1 saturated heterocycles. The predicted molar refractivity (Wildman–Crippen MR) is 55.3 cm³/mol. The fourth-order valence-electron chi connectivity index (χ4n) is 2.11. The number of carbonyl (C=O) groups is 1. The molecule has 14 heavy (non-hydrogen) atoms. The van der Waals surface area contributed by atoms with Crippen LogP contribution in [0.15, 0.2) is 0 Å². The molecule has 0 saturated carbocycles. The van der Waals surface area contributed by atoms with Gasteiger partial charge in [0, 0.05) is 12.6 Å². The van der Waals surface area contributed by atoms with Crippen molar-refractivity contribution in [2.75, 3.05) is 6.54 Å². The van der Waals surface area contributed by atoms with E-state index < -0.39 is 6.09 Å². The van der Waals surface area contributed by atoms with Crippen LogP contribution >= 0.6 is 0 Å². The molecule has 0 spiro atoms. The minimum Gasteiger partial charge on any atom is -0.465 e. The van der Waals surface area contributed by atoms with Crippen LogP contribution in [0.3, 0.4) is 0 Å². The van der Waals surface area contributed by atoms with Crippen LogP contribution in [-0.4, -0.2) is 34.7 Å². The third-order valence-corrected chi connectivity index (χ3v) is 2.93. The van der Waals surface area contributed by atoms with Crippen molar-refractivity contribution in [3.8, 4) is 0 Å². The summed E-state index contributed by atoms with van der Waals surface area (Å²) >= 11 is 0. The second-order valence-electron chi connectivity index (χ2n) is 3.99. The molecule has 0 aromatic carbocycles. The predicted octanol–water partition coefficient (Wildman–Crippen LogP) is 1.65. The molecular weight excluding hydrogens is 180 g/mol. The smallest absolute Gasteiger partial charge is 0.407 e. The molecule has 1 fully saturated rings. The Kier molecular flexibility index (Phi) is 4.20. The van der Waals surface area contributed by atoms with Gasteiger partial charge in [0.05, 0.1) is 6.04 Å².